The van der Waals surface area contributed by atoms with E-state index in [1.807, 2.05) is 19.0 Å². The van der Waals surface area contributed by atoms with Crippen molar-refractivity contribution in [3.05, 3.63) is 0 Å². The fourth-order valence-electron chi connectivity index (χ4n) is 3.54. The van der Waals surface area contributed by atoms with Gasteiger partial charge in [-0.3, -0.25) is 4.79 Å². The van der Waals surface area contributed by atoms with Crippen LogP contribution in [-0.2, 0) is 4.79 Å². The van der Waals surface area contributed by atoms with Crippen molar-refractivity contribution in [2.75, 3.05) is 20.6 Å². The van der Waals surface area contributed by atoms with Crippen molar-refractivity contribution in [3.63, 3.8) is 0 Å². The van der Waals surface area contributed by atoms with Gasteiger partial charge in [0.15, 0.2) is 0 Å². The minimum atomic E-state index is -0.725. The summed E-state index contributed by atoms with van der Waals surface area (Å²) in [6, 6.07) is 0.770. The highest BCUT2D eigenvalue weighted by Crippen LogP contribution is 2.39. The fourth-order valence-corrected chi connectivity index (χ4v) is 3.54. The smallest absolute Gasteiger partial charge is 0.317 e. The van der Waals surface area contributed by atoms with Crippen molar-refractivity contribution in [2.45, 2.75) is 57.2 Å². The summed E-state index contributed by atoms with van der Waals surface area (Å²) < 4.78 is 0. The molecule has 3 unspecified atom stereocenters. The summed E-state index contributed by atoms with van der Waals surface area (Å²) in [6.07, 6.45) is 3.92. The first kappa shape index (κ1) is 16.1. The lowest BCUT2D eigenvalue weighted by Crippen LogP contribution is -2.52. The highest BCUT2D eigenvalue weighted by atomic mass is 16.4. The van der Waals surface area contributed by atoms with Crippen molar-refractivity contribution in [3.8, 4) is 0 Å². The first-order valence-corrected chi connectivity index (χ1v) is 7.82. The number of aliphatic carboxylic acids is 1. The number of carbonyl (C=O) groups is 2. The number of hydrogen-bond acceptors (Lipinski definition) is 3. The Hall–Kier alpha value is -1.30. The van der Waals surface area contributed by atoms with Gasteiger partial charge in [0.2, 0.25) is 0 Å². The number of nitrogens with zero attached hydrogens (tertiary/aromatic N) is 2. The van der Waals surface area contributed by atoms with Crippen LogP contribution in [0.2, 0.25) is 0 Å². The van der Waals surface area contributed by atoms with Gasteiger partial charge in [0.1, 0.15) is 0 Å². The highest BCUT2D eigenvalue weighted by Gasteiger charge is 2.43. The third-order valence-corrected chi connectivity index (χ3v) is 4.96. The molecule has 6 nitrogen and oxygen atoms in total. The van der Waals surface area contributed by atoms with Crippen molar-refractivity contribution in [1.82, 2.24) is 15.1 Å². The van der Waals surface area contributed by atoms with Crippen LogP contribution in [0.15, 0.2) is 0 Å². The van der Waals surface area contributed by atoms with E-state index in [0.29, 0.717) is 12.6 Å². The fraction of sp³-hybridized carbons (Fsp3) is 0.867. The molecular weight excluding hydrogens is 270 g/mol. The number of hydrogen-bond donors (Lipinski definition) is 2. The molecule has 2 fully saturated rings. The Morgan fingerprint density at radius 2 is 1.86 bits per heavy atom. The third-order valence-electron chi connectivity index (χ3n) is 4.96. The molecule has 0 radical (unpaired) electrons. The lowest BCUT2D eigenvalue weighted by molar-refractivity contribution is -0.138. The molecule has 2 saturated heterocycles. The van der Waals surface area contributed by atoms with Gasteiger partial charge in [0, 0.05) is 31.1 Å². The second kappa shape index (κ2) is 6.64. The lowest BCUT2D eigenvalue weighted by atomic mass is 9.88. The average molecular weight is 297 g/mol. The van der Waals surface area contributed by atoms with Crippen molar-refractivity contribution >= 4 is 12.0 Å². The molecule has 2 aliphatic heterocycles. The minimum Gasteiger partial charge on any atom is -0.481 e. The zero-order chi connectivity index (χ0) is 15.6. The predicted octanol–water partition coefficient (Wildman–Crippen LogP) is 1.36. The molecule has 21 heavy (non-hydrogen) atoms. The number of piperidine rings is 1. The molecule has 2 aliphatic rings. The summed E-state index contributed by atoms with van der Waals surface area (Å²) in [5.74, 6) is -0.498. The number of carbonyl (C=O) groups excluding carboxylic acids is 1. The Balaban J connectivity index is 1.88. The third kappa shape index (κ3) is 3.87. The molecule has 120 valence electrons. The number of likely N-dealkylation sites (N-methyl/N-ethyl adjacent to an activating group) is 1. The van der Waals surface area contributed by atoms with Gasteiger partial charge in [0.25, 0.3) is 0 Å². The quantitative estimate of drug-likeness (QED) is 0.804. The Morgan fingerprint density at radius 1 is 1.29 bits per heavy atom. The zero-order valence-corrected chi connectivity index (χ0v) is 13.2. The van der Waals surface area contributed by atoms with Crippen LogP contribution >= 0.6 is 0 Å². The molecule has 0 aliphatic carbocycles. The van der Waals surface area contributed by atoms with Crippen molar-refractivity contribution < 1.29 is 14.7 Å². The van der Waals surface area contributed by atoms with Crippen LogP contribution in [0.3, 0.4) is 0 Å². The molecule has 0 aromatic carbocycles. The second-order valence-corrected chi connectivity index (χ2v) is 6.73. The molecule has 2 bridgehead atoms. The van der Waals surface area contributed by atoms with E-state index in [0.717, 1.165) is 25.7 Å². The standard InChI is InChI=1S/C15H27N3O3/c1-10(17(2)3)9-16-15(21)18-12-4-5-13(18)7-11(6-12)8-14(19)20/h10-13H,4-9H2,1-3H3,(H,16,21)(H,19,20). The Labute approximate surface area is 126 Å². The molecule has 3 atom stereocenters. The first-order valence-electron chi connectivity index (χ1n) is 7.82. The number of urea groups is 1. The minimum absolute atomic E-state index is 0.0185. The van der Waals surface area contributed by atoms with Crippen LogP contribution in [0.5, 0.6) is 0 Å². The zero-order valence-electron chi connectivity index (χ0n) is 13.2. The van der Waals surface area contributed by atoms with Gasteiger partial charge in [-0.05, 0) is 52.6 Å². The average Bonchev–Trinajstić information content (AvgIpc) is 2.66. The molecule has 0 saturated carbocycles. The van der Waals surface area contributed by atoms with E-state index in [1.165, 1.54) is 0 Å². The summed E-state index contributed by atoms with van der Waals surface area (Å²) in [7, 11) is 4.00. The highest BCUT2D eigenvalue weighted by molar-refractivity contribution is 5.75. The SMILES string of the molecule is CC(CNC(=O)N1C2CCC1CC(CC(=O)O)C2)N(C)C. The Bertz CT molecular complexity index is 386. The molecule has 0 aromatic rings. The van der Waals surface area contributed by atoms with Crippen LogP contribution < -0.4 is 5.32 Å². The van der Waals surface area contributed by atoms with E-state index in [4.69, 9.17) is 5.11 Å². The van der Waals surface area contributed by atoms with Crippen LogP contribution in [0, 0.1) is 5.92 Å². The molecule has 2 amide bonds. The van der Waals surface area contributed by atoms with Gasteiger partial charge in [-0.25, -0.2) is 4.79 Å². The first-order chi connectivity index (χ1) is 9.88. The molecule has 6 heteroatoms. The Morgan fingerprint density at radius 3 is 2.33 bits per heavy atom. The van der Waals surface area contributed by atoms with Crippen molar-refractivity contribution in [2.24, 2.45) is 5.92 Å². The van der Waals surface area contributed by atoms with E-state index in [2.05, 4.69) is 17.1 Å². The molecular formula is C15H27N3O3. The summed E-state index contributed by atoms with van der Waals surface area (Å²) in [5, 5.41) is 12.0. The Kier molecular flexibility index (Phi) is 5.08. The maximum Gasteiger partial charge on any atom is 0.317 e. The van der Waals surface area contributed by atoms with Crippen molar-refractivity contribution in [1.29, 1.82) is 0 Å². The predicted molar refractivity (Wildman–Crippen MR) is 80.2 cm³/mol. The van der Waals surface area contributed by atoms with Gasteiger partial charge in [-0.2, -0.15) is 0 Å². The van der Waals surface area contributed by atoms with Gasteiger partial charge in [-0.15, -0.1) is 0 Å². The molecule has 0 spiro atoms. The van der Waals surface area contributed by atoms with E-state index < -0.39 is 5.97 Å². The van der Waals surface area contributed by atoms with E-state index in [9.17, 15) is 9.59 Å². The van der Waals surface area contributed by atoms with Gasteiger partial charge >= 0.3 is 12.0 Å². The molecule has 2 heterocycles. The summed E-state index contributed by atoms with van der Waals surface area (Å²) in [6.45, 7) is 2.72. The second-order valence-electron chi connectivity index (χ2n) is 6.73. The number of carboxylic acids is 1. The maximum absolute atomic E-state index is 12.4. The molecule has 0 aromatic heterocycles. The van der Waals surface area contributed by atoms with E-state index >= 15 is 0 Å². The number of nitrogens with one attached hydrogen (secondary N) is 1. The number of amides is 2. The normalized spacial score (nSPS) is 29.5. The van der Waals surface area contributed by atoms with E-state index in [1.54, 1.807) is 0 Å². The molecule has 2 N–H and O–H groups in total. The van der Waals surface area contributed by atoms with Crippen LogP contribution in [0.1, 0.15) is 39.0 Å². The van der Waals surface area contributed by atoms with Gasteiger partial charge < -0.3 is 20.2 Å². The number of fused-ring (bicyclic) bond motifs is 2. The van der Waals surface area contributed by atoms with Crippen LogP contribution in [0.25, 0.3) is 0 Å². The summed E-state index contributed by atoms with van der Waals surface area (Å²) >= 11 is 0. The summed E-state index contributed by atoms with van der Waals surface area (Å²) in [5.41, 5.74) is 0. The lowest BCUT2D eigenvalue weighted by Gasteiger charge is -2.38. The number of rotatable bonds is 5. The largest absolute Gasteiger partial charge is 0.481 e. The monoisotopic (exact) mass is 297 g/mol. The topological polar surface area (TPSA) is 72.9 Å². The summed E-state index contributed by atoms with van der Waals surface area (Å²) in [4.78, 5) is 27.3. The van der Waals surface area contributed by atoms with Gasteiger partial charge in [-0.1, -0.05) is 0 Å². The van der Waals surface area contributed by atoms with Crippen LogP contribution in [-0.4, -0.2) is 65.7 Å². The van der Waals surface area contributed by atoms with Gasteiger partial charge in [0.05, 0.1) is 0 Å². The van der Waals surface area contributed by atoms with E-state index in [-0.39, 0.29) is 30.5 Å². The maximum atomic E-state index is 12.4. The number of carboxylic acid groups (broad SMARTS) is 1. The molecule has 2 rings (SSSR count). The van der Waals surface area contributed by atoms with Crippen LogP contribution in [0.4, 0.5) is 4.79 Å².